The number of carbonyl (C=O) groups is 1. The summed E-state index contributed by atoms with van der Waals surface area (Å²) < 4.78 is 5.21. The van der Waals surface area contributed by atoms with Crippen molar-refractivity contribution in [2.75, 3.05) is 18.5 Å². The minimum absolute atomic E-state index is 0. The molecule has 5 nitrogen and oxygen atoms in total. The van der Waals surface area contributed by atoms with Gasteiger partial charge in [0.05, 0.1) is 11.9 Å². The van der Waals surface area contributed by atoms with Gasteiger partial charge in [-0.2, -0.15) is 0 Å². The number of anilines is 1. The number of aromatic nitrogens is 1. The zero-order valence-electron chi connectivity index (χ0n) is 10.7. The zero-order chi connectivity index (χ0) is 12.3. The van der Waals surface area contributed by atoms with Gasteiger partial charge in [0.2, 0.25) is 5.91 Å². The summed E-state index contributed by atoms with van der Waals surface area (Å²) in [6, 6.07) is 1.87. The van der Waals surface area contributed by atoms with Crippen molar-refractivity contribution in [1.29, 1.82) is 0 Å². The van der Waals surface area contributed by atoms with Crippen LogP contribution in [0.15, 0.2) is 18.5 Å². The van der Waals surface area contributed by atoms with Crippen molar-refractivity contribution in [3.63, 3.8) is 0 Å². The van der Waals surface area contributed by atoms with E-state index in [2.05, 4.69) is 10.3 Å². The van der Waals surface area contributed by atoms with Gasteiger partial charge in [0.15, 0.2) is 0 Å². The van der Waals surface area contributed by atoms with E-state index in [1.54, 1.807) is 12.4 Å². The standard InChI is InChI=1S/C12H17N3O2.2ClH/c1-9-6-10(8-14-7-9)15-11(16)12(13)2-4-17-5-3-12;;/h6-8H,2-5,13H2,1H3,(H,15,16);2*1H. The summed E-state index contributed by atoms with van der Waals surface area (Å²) in [4.78, 5) is 16.1. The largest absolute Gasteiger partial charge is 0.381 e. The molecule has 0 spiro atoms. The van der Waals surface area contributed by atoms with Crippen LogP contribution in [0.5, 0.6) is 0 Å². The van der Waals surface area contributed by atoms with Crippen LogP contribution in [0, 0.1) is 6.92 Å². The molecule has 2 heterocycles. The highest BCUT2D eigenvalue weighted by Crippen LogP contribution is 2.20. The fourth-order valence-corrected chi connectivity index (χ4v) is 1.84. The molecule has 1 aliphatic rings. The predicted octanol–water partition coefficient (Wildman–Crippen LogP) is 1.68. The van der Waals surface area contributed by atoms with E-state index < -0.39 is 5.54 Å². The Bertz CT molecular complexity index is 423. The number of rotatable bonds is 2. The molecule has 3 N–H and O–H groups in total. The third-order valence-corrected chi connectivity index (χ3v) is 2.97. The molecular weight excluding hydrogens is 289 g/mol. The first-order valence-corrected chi connectivity index (χ1v) is 5.70. The molecule has 0 unspecified atom stereocenters. The summed E-state index contributed by atoms with van der Waals surface area (Å²) in [6.45, 7) is 3.00. The summed E-state index contributed by atoms with van der Waals surface area (Å²) in [5, 5.41) is 2.81. The van der Waals surface area contributed by atoms with Crippen molar-refractivity contribution in [3.05, 3.63) is 24.0 Å². The van der Waals surface area contributed by atoms with Crippen molar-refractivity contribution in [3.8, 4) is 0 Å². The molecule has 19 heavy (non-hydrogen) atoms. The Hall–Kier alpha value is -0.880. The Labute approximate surface area is 125 Å². The summed E-state index contributed by atoms with van der Waals surface area (Å²) in [7, 11) is 0. The van der Waals surface area contributed by atoms with E-state index in [4.69, 9.17) is 10.5 Å². The summed E-state index contributed by atoms with van der Waals surface area (Å²) in [5.74, 6) is -0.159. The third-order valence-electron chi connectivity index (χ3n) is 2.97. The van der Waals surface area contributed by atoms with Crippen LogP contribution < -0.4 is 11.1 Å². The molecule has 108 valence electrons. The number of halogens is 2. The average Bonchev–Trinajstić information content (AvgIpc) is 2.30. The van der Waals surface area contributed by atoms with E-state index in [9.17, 15) is 4.79 Å². The van der Waals surface area contributed by atoms with Gasteiger partial charge in [-0.1, -0.05) is 0 Å². The number of nitrogens with zero attached hydrogens (tertiary/aromatic N) is 1. The second-order valence-electron chi connectivity index (χ2n) is 4.47. The Morgan fingerprint density at radius 3 is 2.58 bits per heavy atom. The van der Waals surface area contributed by atoms with Crippen molar-refractivity contribution >= 4 is 36.4 Å². The maximum absolute atomic E-state index is 12.1. The van der Waals surface area contributed by atoms with Crippen LogP contribution in [0.2, 0.25) is 0 Å². The second-order valence-corrected chi connectivity index (χ2v) is 4.47. The quantitative estimate of drug-likeness (QED) is 0.871. The molecular formula is C12H19Cl2N3O2. The first-order chi connectivity index (χ1) is 8.10. The van der Waals surface area contributed by atoms with Crippen LogP contribution >= 0.6 is 24.8 Å². The van der Waals surface area contributed by atoms with Gasteiger partial charge in [-0.15, -0.1) is 24.8 Å². The summed E-state index contributed by atoms with van der Waals surface area (Å²) >= 11 is 0. The molecule has 0 atom stereocenters. The van der Waals surface area contributed by atoms with Crippen LogP contribution in [0.25, 0.3) is 0 Å². The van der Waals surface area contributed by atoms with Gasteiger partial charge in [0.1, 0.15) is 5.54 Å². The third kappa shape index (κ3) is 4.62. The van der Waals surface area contributed by atoms with Crippen molar-refractivity contribution in [1.82, 2.24) is 4.98 Å². The van der Waals surface area contributed by atoms with E-state index >= 15 is 0 Å². The molecule has 1 aromatic rings. The molecule has 0 radical (unpaired) electrons. The van der Waals surface area contributed by atoms with E-state index in [0.717, 1.165) is 5.56 Å². The lowest BCUT2D eigenvalue weighted by atomic mass is 9.90. The number of pyridine rings is 1. The maximum Gasteiger partial charge on any atom is 0.244 e. The SMILES string of the molecule is Cc1cncc(NC(=O)C2(N)CCOCC2)c1.Cl.Cl. The van der Waals surface area contributed by atoms with E-state index in [1.165, 1.54) is 0 Å². The number of hydrogen-bond donors (Lipinski definition) is 2. The first kappa shape index (κ1) is 18.1. The molecule has 2 rings (SSSR count). The highest BCUT2D eigenvalue weighted by molar-refractivity contribution is 5.97. The van der Waals surface area contributed by atoms with Gasteiger partial charge >= 0.3 is 0 Å². The molecule has 0 aromatic carbocycles. The second kappa shape index (κ2) is 7.65. The molecule has 7 heteroatoms. The fraction of sp³-hybridized carbons (Fsp3) is 0.500. The van der Waals surface area contributed by atoms with E-state index in [1.807, 2.05) is 13.0 Å². The van der Waals surface area contributed by atoms with E-state index in [0.29, 0.717) is 31.7 Å². The smallest absolute Gasteiger partial charge is 0.244 e. The van der Waals surface area contributed by atoms with Crippen LogP contribution in [0.1, 0.15) is 18.4 Å². The fourth-order valence-electron chi connectivity index (χ4n) is 1.84. The number of nitrogens with two attached hydrogens (primary N) is 1. The number of aryl methyl sites for hydroxylation is 1. The van der Waals surface area contributed by atoms with Crippen LogP contribution in [-0.4, -0.2) is 29.6 Å². The van der Waals surface area contributed by atoms with E-state index in [-0.39, 0.29) is 30.7 Å². The average molecular weight is 308 g/mol. The number of amides is 1. The Morgan fingerprint density at radius 1 is 1.37 bits per heavy atom. The lowest BCUT2D eigenvalue weighted by molar-refractivity contribution is -0.124. The topological polar surface area (TPSA) is 77.2 Å². The summed E-state index contributed by atoms with van der Waals surface area (Å²) in [5.41, 5.74) is 6.95. The maximum atomic E-state index is 12.1. The van der Waals surface area contributed by atoms with Gasteiger partial charge in [0, 0.05) is 19.4 Å². The normalized spacial score (nSPS) is 16.7. The number of nitrogens with one attached hydrogen (secondary N) is 1. The van der Waals surface area contributed by atoms with Crippen molar-refractivity contribution in [2.24, 2.45) is 5.73 Å². The molecule has 0 saturated carbocycles. The van der Waals surface area contributed by atoms with Crippen LogP contribution in [0.4, 0.5) is 5.69 Å². The molecule has 1 aromatic heterocycles. The Kier molecular flexibility index (Phi) is 7.29. The number of hydrogen-bond acceptors (Lipinski definition) is 4. The highest BCUT2D eigenvalue weighted by Gasteiger charge is 2.35. The first-order valence-electron chi connectivity index (χ1n) is 5.70. The molecule has 1 fully saturated rings. The molecule has 0 bridgehead atoms. The van der Waals surface area contributed by atoms with Crippen LogP contribution in [0.3, 0.4) is 0 Å². The molecule has 1 saturated heterocycles. The molecule has 1 aliphatic heterocycles. The monoisotopic (exact) mass is 307 g/mol. The Balaban J connectivity index is 0.00000162. The van der Waals surface area contributed by atoms with Gasteiger partial charge in [-0.05, 0) is 31.4 Å². The van der Waals surface area contributed by atoms with Gasteiger partial charge in [-0.3, -0.25) is 9.78 Å². The zero-order valence-corrected chi connectivity index (χ0v) is 12.4. The van der Waals surface area contributed by atoms with Crippen molar-refractivity contribution in [2.45, 2.75) is 25.3 Å². The minimum Gasteiger partial charge on any atom is -0.381 e. The summed E-state index contributed by atoms with van der Waals surface area (Å²) in [6.07, 6.45) is 4.46. The van der Waals surface area contributed by atoms with Gasteiger partial charge < -0.3 is 15.8 Å². The molecule has 0 aliphatic carbocycles. The minimum atomic E-state index is -0.817. The number of ether oxygens (including phenoxy) is 1. The van der Waals surface area contributed by atoms with Crippen LogP contribution in [-0.2, 0) is 9.53 Å². The molecule has 1 amide bonds. The Morgan fingerprint density at radius 2 is 2.00 bits per heavy atom. The van der Waals surface area contributed by atoms with Gasteiger partial charge in [0.25, 0.3) is 0 Å². The lowest BCUT2D eigenvalue weighted by Crippen LogP contribution is -2.54. The number of carbonyl (C=O) groups excluding carboxylic acids is 1. The lowest BCUT2D eigenvalue weighted by Gasteiger charge is -2.31. The van der Waals surface area contributed by atoms with Crippen molar-refractivity contribution < 1.29 is 9.53 Å². The predicted molar refractivity (Wildman–Crippen MR) is 79.1 cm³/mol. The van der Waals surface area contributed by atoms with Gasteiger partial charge in [-0.25, -0.2) is 0 Å². The highest BCUT2D eigenvalue weighted by atomic mass is 35.5.